The molecule has 0 fully saturated rings. The molecule has 0 radical (unpaired) electrons. The van der Waals surface area contributed by atoms with Crippen molar-refractivity contribution in [2.24, 2.45) is 0 Å². The van der Waals surface area contributed by atoms with Crippen molar-refractivity contribution in [3.05, 3.63) is 29.4 Å². The van der Waals surface area contributed by atoms with Crippen molar-refractivity contribution in [1.29, 1.82) is 0 Å². The van der Waals surface area contributed by atoms with Gasteiger partial charge >= 0.3 is 5.97 Å². The fourth-order valence-corrected chi connectivity index (χ4v) is 2.03. The standard InChI is InChI=1S/C12H13N3O3S/c1-3-18-11(16)9-7-19-12(15-9)14-8-4-5-10(17-2)13-6-8/h4-7H,3H2,1-2H3,(H,14,15). The number of thiazole rings is 1. The highest BCUT2D eigenvalue weighted by molar-refractivity contribution is 7.14. The lowest BCUT2D eigenvalue weighted by atomic mass is 10.4. The molecular weight excluding hydrogens is 266 g/mol. The molecule has 100 valence electrons. The first-order chi connectivity index (χ1) is 9.22. The Morgan fingerprint density at radius 2 is 2.32 bits per heavy atom. The molecule has 0 aliphatic rings. The average Bonchev–Trinajstić information content (AvgIpc) is 2.88. The van der Waals surface area contributed by atoms with Gasteiger partial charge in [0.15, 0.2) is 10.8 Å². The van der Waals surface area contributed by atoms with Crippen LogP contribution in [-0.2, 0) is 4.74 Å². The molecule has 0 aliphatic heterocycles. The van der Waals surface area contributed by atoms with E-state index in [9.17, 15) is 4.79 Å². The van der Waals surface area contributed by atoms with Crippen molar-refractivity contribution < 1.29 is 14.3 Å². The van der Waals surface area contributed by atoms with E-state index in [1.54, 1.807) is 31.7 Å². The second-order valence-electron chi connectivity index (χ2n) is 3.47. The molecule has 6 nitrogen and oxygen atoms in total. The molecule has 1 N–H and O–H groups in total. The lowest BCUT2D eigenvalue weighted by Gasteiger charge is -2.03. The highest BCUT2D eigenvalue weighted by atomic mass is 32.1. The Morgan fingerprint density at radius 3 is 2.95 bits per heavy atom. The van der Waals surface area contributed by atoms with Gasteiger partial charge in [-0.25, -0.2) is 14.8 Å². The minimum absolute atomic E-state index is 0.302. The molecule has 19 heavy (non-hydrogen) atoms. The summed E-state index contributed by atoms with van der Waals surface area (Å²) in [5.41, 5.74) is 1.07. The van der Waals surface area contributed by atoms with Gasteiger partial charge in [-0.3, -0.25) is 0 Å². The lowest BCUT2D eigenvalue weighted by molar-refractivity contribution is 0.0520. The number of hydrogen-bond donors (Lipinski definition) is 1. The highest BCUT2D eigenvalue weighted by Gasteiger charge is 2.11. The van der Waals surface area contributed by atoms with Crippen molar-refractivity contribution in [2.75, 3.05) is 19.0 Å². The van der Waals surface area contributed by atoms with E-state index in [0.717, 1.165) is 5.69 Å². The number of carbonyl (C=O) groups is 1. The topological polar surface area (TPSA) is 73.3 Å². The zero-order chi connectivity index (χ0) is 13.7. The lowest BCUT2D eigenvalue weighted by Crippen LogP contribution is -2.05. The third-order valence-corrected chi connectivity index (χ3v) is 2.94. The van der Waals surface area contributed by atoms with Crippen LogP contribution in [-0.4, -0.2) is 29.7 Å². The quantitative estimate of drug-likeness (QED) is 0.848. The van der Waals surface area contributed by atoms with Gasteiger partial charge in [-0.1, -0.05) is 0 Å². The summed E-state index contributed by atoms with van der Waals surface area (Å²) in [4.78, 5) is 19.7. The third kappa shape index (κ3) is 3.41. The van der Waals surface area contributed by atoms with Gasteiger partial charge in [0.2, 0.25) is 5.88 Å². The second kappa shape index (κ2) is 6.14. The van der Waals surface area contributed by atoms with Crippen molar-refractivity contribution in [2.45, 2.75) is 6.92 Å². The number of carbonyl (C=O) groups excluding carboxylic acids is 1. The van der Waals surface area contributed by atoms with E-state index in [2.05, 4.69) is 15.3 Å². The Morgan fingerprint density at radius 1 is 1.47 bits per heavy atom. The van der Waals surface area contributed by atoms with Crippen LogP contribution in [0.3, 0.4) is 0 Å². The average molecular weight is 279 g/mol. The largest absolute Gasteiger partial charge is 0.481 e. The summed E-state index contributed by atoms with van der Waals surface area (Å²) >= 11 is 1.33. The Kier molecular flexibility index (Phi) is 4.30. The number of esters is 1. The van der Waals surface area contributed by atoms with Crippen molar-refractivity contribution in [3.8, 4) is 5.88 Å². The molecule has 2 aromatic rings. The molecule has 2 aromatic heterocycles. The number of ether oxygens (including phenoxy) is 2. The van der Waals surface area contributed by atoms with Crippen LogP contribution < -0.4 is 10.1 Å². The monoisotopic (exact) mass is 279 g/mol. The van der Waals surface area contributed by atoms with Crippen LogP contribution in [0, 0.1) is 0 Å². The zero-order valence-corrected chi connectivity index (χ0v) is 11.4. The molecule has 0 bridgehead atoms. The SMILES string of the molecule is CCOC(=O)c1csc(Nc2ccc(OC)nc2)n1. The Labute approximate surface area is 114 Å². The van der Waals surface area contributed by atoms with Crippen LogP contribution in [0.1, 0.15) is 17.4 Å². The third-order valence-electron chi connectivity index (χ3n) is 2.19. The predicted octanol–water partition coefficient (Wildman–Crippen LogP) is 2.47. The molecule has 0 aliphatic carbocycles. The maximum Gasteiger partial charge on any atom is 0.357 e. The molecule has 0 aromatic carbocycles. The Balaban J connectivity index is 2.04. The number of pyridine rings is 1. The molecule has 0 saturated heterocycles. The maximum atomic E-state index is 11.5. The molecule has 0 unspecified atom stereocenters. The fraction of sp³-hybridized carbons (Fsp3) is 0.250. The number of rotatable bonds is 5. The summed E-state index contributed by atoms with van der Waals surface area (Å²) in [7, 11) is 1.56. The number of hydrogen-bond acceptors (Lipinski definition) is 7. The van der Waals surface area contributed by atoms with Crippen LogP contribution in [0.2, 0.25) is 0 Å². The van der Waals surface area contributed by atoms with E-state index < -0.39 is 5.97 Å². The minimum atomic E-state index is -0.417. The highest BCUT2D eigenvalue weighted by Crippen LogP contribution is 2.21. The summed E-state index contributed by atoms with van der Waals surface area (Å²) in [6.07, 6.45) is 1.63. The molecule has 7 heteroatoms. The van der Waals surface area contributed by atoms with E-state index in [4.69, 9.17) is 9.47 Å². The van der Waals surface area contributed by atoms with Gasteiger partial charge in [0, 0.05) is 11.4 Å². The van der Waals surface area contributed by atoms with Gasteiger partial charge in [-0.05, 0) is 13.0 Å². The fourth-order valence-electron chi connectivity index (χ4n) is 1.33. The maximum absolute atomic E-state index is 11.5. The molecule has 2 rings (SSSR count). The summed E-state index contributed by atoms with van der Waals surface area (Å²) < 4.78 is 9.84. The molecule has 0 saturated carbocycles. The van der Waals surface area contributed by atoms with E-state index in [-0.39, 0.29) is 0 Å². The Bertz CT molecular complexity index is 554. The van der Waals surface area contributed by atoms with Gasteiger partial charge in [0.25, 0.3) is 0 Å². The van der Waals surface area contributed by atoms with Gasteiger partial charge in [0.05, 0.1) is 25.6 Å². The summed E-state index contributed by atoms with van der Waals surface area (Å²) in [6, 6.07) is 3.56. The van der Waals surface area contributed by atoms with Gasteiger partial charge in [-0.2, -0.15) is 0 Å². The number of nitrogens with zero attached hydrogens (tertiary/aromatic N) is 2. The molecular formula is C12H13N3O3S. The van der Waals surface area contributed by atoms with Gasteiger partial charge in [-0.15, -0.1) is 11.3 Å². The van der Waals surface area contributed by atoms with Crippen molar-refractivity contribution in [3.63, 3.8) is 0 Å². The summed E-state index contributed by atoms with van der Waals surface area (Å²) in [5.74, 6) is 0.122. The van der Waals surface area contributed by atoms with Crippen molar-refractivity contribution in [1.82, 2.24) is 9.97 Å². The van der Waals surface area contributed by atoms with E-state index in [1.807, 2.05) is 6.07 Å². The normalized spacial score (nSPS) is 10.0. The van der Waals surface area contributed by atoms with Crippen LogP contribution in [0.5, 0.6) is 5.88 Å². The molecule has 2 heterocycles. The van der Waals surface area contributed by atoms with Gasteiger partial charge < -0.3 is 14.8 Å². The van der Waals surface area contributed by atoms with Gasteiger partial charge in [0.1, 0.15) is 0 Å². The Hall–Kier alpha value is -2.15. The number of methoxy groups -OCH3 is 1. The number of aromatic nitrogens is 2. The number of nitrogens with one attached hydrogen (secondary N) is 1. The minimum Gasteiger partial charge on any atom is -0.481 e. The summed E-state index contributed by atoms with van der Waals surface area (Å²) in [5, 5.41) is 5.31. The second-order valence-corrected chi connectivity index (χ2v) is 4.33. The first kappa shape index (κ1) is 13.3. The first-order valence-corrected chi connectivity index (χ1v) is 6.50. The van der Waals surface area contributed by atoms with E-state index in [0.29, 0.717) is 23.3 Å². The van der Waals surface area contributed by atoms with E-state index >= 15 is 0 Å². The van der Waals surface area contributed by atoms with E-state index in [1.165, 1.54) is 11.3 Å². The van der Waals surface area contributed by atoms with Crippen LogP contribution in [0.25, 0.3) is 0 Å². The zero-order valence-electron chi connectivity index (χ0n) is 10.5. The van der Waals surface area contributed by atoms with Crippen molar-refractivity contribution >= 4 is 28.1 Å². The molecule has 0 spiro atoms. The number of anilines is 2. The van der Waals surface area contributed by atoms with Crippen LogP contribution in [0.4, 0.5) is 10.8 Å². The van der Waals surface area contributed by atoms with Crippen LogP contribution in [0.15, 0.2) is 23.7 Å². The summed E-state index contributed by atoms with van der Waals surface area (Å²) in [6.45, 7) is 2.09. The first-order valence-electron chi connectivity index (χ1n) is 5.62. The predicted molar refractivity (Wildman–Crippen MR) is 72.1 cm³/mol. The van der Waals surface area contributed by atoms with Crippen LogP contribution >= 0.6 is 11.3 Å². The molecule has 0 amide bonds. The smallest absolute Gasteiger partial charge is 0.357 e. The molecule has 0 atom stereocenters.